The van der Waals surface area contributed by atoms with Crippen LogP contribution in [0.5, 0.6) is 11.5 Å². The topological polar surface area (TPSA) is 79.2 Å². The molecule has 1 atom stereocenters. The standard InChI is InChI=1S/C16H15ClN2O3S/c1-2-13(11-18)19-23(20,21)16-9-7-15(8-10-16)22-14-5-3-12(17)4-6-14/h3-10,13,19H,2H2,1H3. The van der Waals surface area contributed by atoms with Crippen LogP contribution >= 0.6 is 11.6 Å². The van der Waals surface area contributed by atoms with Crippen LogP contribution in [0, 0.1) is 11.3 Å². The van der Waals surface area contributed by atoms with Crippen molar-refractivity contribution in [1.82, 2.24) is 4.72 Å². The molecule has 7 heteroatoms. The highest BCUT2D eigenvalue weighted by molar-refractivity contribution is 7.89. The molecular weight excluding hydrogens is 336 g/mol. The van der Waals surface area contributed by atoms with Crippen molar-refractivity contribution in [2.24, 2.45) is 0 Å². The number of nitrogens with one attached hydrogen (secondary N) is 1. The SMILES string of the molecule is CCC(C#N)NS(=O)(=O)c1ccc(Oc2ccc(Cl)cc2)cc1. The molecule has 0 radical (unpaired) electrons. The number of nitriles is 1. The monoisotopic (exact) mass is 350 g/mol. The van der Waals surface area contributed by atoms with Crippen molar-refractivity contribution in [3.05, 3.63) is 53.6 Å². The van der Waals surface area contributed by atoms with Gasteiger partial charge in [-0.2, -0.15) is 9.98 Å². The molecule has 0 aliphatic rings. The Morgan fingerprint density at radius 3 is 2.13 bits per heavy atom. The third kappa shape index (κ3) is 4.70. The van der Waals surface area contributed by atoms with Crippen molar-refractivity contribution in [3.8, 4) is 17.6 Å². The third-order valence-corrected chi connectivity index (χ3v) is 4.78. The van der Waals surface area contributed by atoms with Crippen molar-refractivity contribution in [2.45, 2.75) is 24.3 Å². The summed E-state index contributed by atoms with van der Waals surface area (Å²) < 4.78 is 32.2. The van der Waals surface area contributed by atoms with Gasteiger partial charge >= 0.3 is 0 Å². The van der Waals surface area contributed by atoms with Gasteiger partial charge in [0.05, 0.1) is 11.0 Å². The summed E-state index contributed by atoms with van der Waals surface area (Å²) in [6.07, 6.45) is 0.396. The fourth-order valence-corrected chi connectivity index (χ4v) is 3.13. The molecule has 2 aromatic carbocycles. The first-order valence-corrected chi connectivity index (χ1v) is 8.76. The normalized spacial score (nSPS) is 12.4. The summed E-state index contributed by atoms with van der Waals surface area (Å²) in [7, 11) is -3.72. The number of ether oxygens (including phenoxy) is 1. The highest BCUT2D eigenvalue weighted by Gasteiger charge is 2.18. The Labute approximate surface area is 140 Å². The van der Waals surface area contributed by atoms with E-state index in [1.807, 2.05) is 6.07 Å². The van der Waals surface area contributed by atoms with Crippen LogP contribution in [0.15, 0.2) is 53.4 Å². The minimum atomic E-state index is -3.72. The third-order valence-electron chi connectivity index (χ3n) is 3.04. The molecule has 0 aromatic heterocycles. The second kappa shape index (κ2) is 7.47. The average Bonchev–Trinajstić information content (AvgIpc) is 2.55. The van der Waals surface area contributed by atoms with Crippen molar-refractivity contribution in [3.63, 3.8) is 0 Å². The van der Waals surface area contributed by atoms with E-state index in [0.717, 1.165) is 0 Å². The molecule has 0 amide bonds. The molecule has 0 saturated carbocycles. The molecule has 0 aliphatic carbocycles. The zero-order valence-corrected chi connectivity index (χ0v) is 13.9. The van der Waals surface area contributed by atoms with Gasteiger partial charge in [-0.1, -0.05) is 18.5 Å². The van der Waals surface area contributed by atoms with Crippen molar-refractivity contribution in [1.29, 1.82) is 5.26 Å². The van der Waals surface area contributed by atoms with E-state index in [2.05, 4.69) is 4.72 Å². The lowest BCUT2D eigenvalue weighted by Gasteiger charge is -2.11. The summed E-state index contributed by atoms with van der Waals surface area (Å²) in [5.41, 5.74) is 0. The average molecular weight is 351 g/mol. The molecule has 0 saturated heterocycles. The zero-order valence-electron chi connectivity index (χ0n) is 12.4. The van der Waals surface area contributed by atoms with Gasteiger partial charge in [-0.05, 0) is 55.0 Å². The van der Waals surface area contributed by atoms with Gasteiger partial charge in [0.1, 0.15) is 17.5 Å². The summed E-state index contributed by atoms with van der Waals surface area (Å²) >= 11 is 5.80. The largest absolute Gasteiger partial charge is 0.457 e. The molecule has 0 fully saturated rings. The number of halogens is 1. The lowest BCUT2D eigenvalue weighted by Crippen LogP contribution is -2.33. The Morgan fingerprint density at radius 2 is 1.65 bits per heavy atom. The van der Waals surface area contributed by atoms with Gasteiger partial charge in [-0.25, -0.2) is 8.42 Å². The van der Waals surface area contributed by atoms with Crippen LogP contribution in [0.25, 0.3) is 0 Å². The Hall–Kier alpha value is -2.07. The predicted molar refractivity (Wildman–Crippen MR) is 88.0 cm³/mol. The molecule has 120 valence electrons. The van der Waals surface area contributed by atoms with Gasteiger partial charge in [-0.15, -0.1) is 0 Å². The first kappa shape index (κ1) is 17.3. The number of hydrogen-bond acceptors (Lipinski definition) is 4. The maximum absolute atomic E-state index is 12.1. The molecule has 2 aromatic rings. The van der Waals surface area contributed by atoms with Gasteiger partial charge in [0.2, 0.25) is 10.0 Å². The number of sulfonamides is 1. The van der Waals surface area contributed by atoms with E-state index < -0.39 is 16.1 Å². The Kier molecular flexibility index (Phi) is 5.61. The summed E-state index contributed by atoms with van der Waals surface area (Å²) in [6.45, 7) is 1.74. The maximum Gasteiger partial charge on any atom is 0.241 e. The van der Waals surface area contributed by atoms with Gasteiger partial charge in [0.15, 0.2) is 0 Å². The van der Waals surface area contributed by atoms with E-state index in [1.165, 1.54) is 12.1 Å². The van der Waals surface area contributed by atoms with Crippen molar-refractivity contribution >= 4 is 21.6 Å². The van der Waals surface area contributed by atoms with Crippen LogP contribution in [0.1, 0.15) is 13.3 Å². The summed E-state index contributed by atoms with van der Waals surface area (Å²) in [6, 6.07) is 13.9. The van der Waals surface area contributed by atoms with Gasteiger partial charge in [0.25, 0.3) is 0 Å². The highest BCUT2D eigenvalue weighted by atomic mass is 35.5. The molecule has 0 aliphatic heterocycles. The first-order chi connectivity index (χ1) is 10.9. The minimum Gasteiger partial charge on any atom is -0.457 e. The number of nitrogens with zero attached hydrogens (tertiary/aromatic N) is 1. The number of benzene rings is 2. The Balaban J connectivity index is 2.12. The van der Waals surface area contributed by atoms with E-state index in [4.69, 9.17) is 21.6 Å². The van der Waals surface area contributed by atoms with E-state index in [0.29, 0.717) is 22.9 Å². The number of hydrogen-bond donors (Lipinski definition) is 1. The molecule has 1 unspecified atom stereocenters. The molecule has 0 spiro atoms. The van der Waals surface area contributed by atoms with Crippen LogP contribution in [-0.2, 0) is 10.0 Å². The Morgan fingerprint density at radius 1 is 1.13 bits per heavy atom. The second-order valence-electron chi connectivity index (χ2n) is 4.74. The first-order valence-electron chi connectivity index (χ1n) is 6.90. The van der Waals surface area contributed by atoms with Crippen LogP contribution < -0.4 is 9.46 Å². The molecule has 0 heterocycles. The molecule has 1 N–H and O–H groups in total. The van der Waals surface area contributed by atoms with Crippen molar-refractivity contribution < 1.29 is 13.2 Å². The molecule has 0 bridgehead atoms. The van der Waals surface area contributed by atoms with E-state index in [1.54, 1.807) is 43.3 Å². The lowest BCUT2D eigenvalue weighted by molar-refractivity contribution is 0.482. The molecular formula is C16H15ClN2O3S. The highest BCUT2D eigenvalue weighted by Crippen LogP contribution is 2.24. The van der Waals surface area contributed by atoms with Gasteiger partial charge in [-0.3, -0.25) is 0 Å². The minimum absolute atomic E-state index is 0.0784. The quantitative estimate of drug-likeness (QED) is 0.861. The number of rotatable bonds is 6. The van der Waals surface area contributed by atoms with E-state index in [9.17, 15) is 8.42 Å². The fourth-order valence-electron chi connectivity index (χ4n) is 1.78. The summed E-state index contributed by atoms with van der Waals surface area (Å²) in [5, 5.41) is 9.46. The predicted octanol–water partition coefficient (Wildman–Crippen LogP) is 3.71. The Bertz CT molecular complexity index is 797. The van der Waals surface area contributed by atoms with E-state index >= 15 is 0 Å². The lowest BCUT2D eigenvalue weighted by atomic mass is 10.3. The fraction of sp³-hybridized carbons (Fsp3) is 0.188. The van der Waals surface area contributed by atoms with Gasteiger partial charge < -0.3 is 4.74 Å². The second-order valence-corrected chi connectivity index (χ2v) is 6.89. The summed E-state index contributed by atoms with van der Waals surface area (Å²) in [5.74, 6) is 1.09. The summed E-state index contributed by atoms with van der Waals surface area (Å²) in [4.78, 5) is 0.0784. The smallest absolute Gasteiger partial charge is 0.241 e. The van der Waals surface area contributed by atoms with Gasteiger partial charge in [0, 0.05) is 5.02 Å². The van der Waals surface area contributed by atoms with Crippen LogP contribution in [0.2, 0.25) is 5.02 Å². The molecule has 2 rings (SSSR count). The zero-order chi connectivity index (χ0) is 16.9. The van der Waals surface area contributed by atoms with Crippen LogP contribution in [0.4, 0.5) is 0 Å². The van der Waals surface area contributed by atoms with Crippen LogP contribution in [0.3, 0.4) is 0 Å². The van der Waals surface area contributed by atoms with Crippen LogP contribution in [-0.4, -0.2) is 14.5 Å². The maximum atomic E-state index is 12.1. The van der Waals surface area contributed by atoms with Crippen molar-refractivity contribution in [2.75, 3.05) is 0 Å². The molecule has 5 nitrogen and oxygen atoms in total. The van der Waals surface area contributed by atoms with E-state index in [-0.39, 0.29) is 4.90 Å². The molecule has 23 heavy (non-hydrogen) atoms.